The second-order valence-electron chi connectivity index (χ2n) is 3.83. The average molecular weight is 301 g/mol. The monoisotopic (exact) mass is 300 g/mol. The van der Waals surface area contributed by atoms with Crippen LogP contribution >= 0.6 is 15.9 Å². The summed E-state index contributed by atoms with van der Waals surface area (Å²) in [7, 11) is 3.35. The Morgan fingerprint density at radius 2 is 2.24 bits per heavy atom. The van der Waals surface area contributed by atoms with Crippen LogP contribution in [0.5, 0.6) is 0 Å². The van der Waals surface area contributed by atoms with Crippen LogP contribution in [-0.4, -0.2) is 38.2 Å². The van der Waals surface area contributed by atoms with Gasteiger partial charge in [-0.2, -0.15) is 0 Å². The molecular formula is C12H17BrN2O2. The minimum absolute atomic E-state index is 0.147. The fourth-order valence-corrected chi connectivity index (χ4v) is 1.85. The van der Waals surface area contributed by atoms with E-state index >= 15 is 0 Å². The van der Waals surface area contributed by atoms with Crippen LogP contribution in [0.4, 0.5) is 10.5 Å². The Labute approximate surface area is 110 Å². The normalized spacial score (nSPS) is 10.1. The van der Waals surface area contributed by atoms with Gasteiger partial charge in [0.2, 0.25) is 0 Å². The lowest BCUT2D eigenvalue weighted by atomic mass is 10.2. The molecule has 1 aromatic rings. The van der Waals surface area contributed by atoms with Crippen molar-refractivity contribution < 1.29 is 9.53 Å². The van der Waals surface area contributed by atoms with Crippen molar-refractivity contribution in [3.8, 4) is 0 Å². The lowest BCUT2D eigenvalue weighted by molar-refractivity contribution is 0.165. The van der Waals surface area contributed by atoms with Gasteiger partial charge in [0.1, 0.15) is 0 Å². The number of hydrogen-bond acceptors (Lipinski definition) is 2. The van der Waals surface area contributed by atoms with Gasteiger partial charge in [0.25, 0.3) is 0 Å². The number of methoxy groups -OCH3 is 1. The molecule has 0 aliphatic carbocycles. The highest BCUT2D eigenvalue weighted by Crippen LogP contribution is 2.23. The van der Waals surface area contributed by atoms with Gasteiger partial charge in [-0.15, -0.1) is 0 Å². The first-order valence-corrected chi connectivity index (χ1v) is 6.11. The van der Waals surface area contributed by atoms with Gasteiger partial charge in [-0.05, 0) is 40.5 Å². The van der Waals surface area contributed by atoms with E-state index in [1.807, 2.05) is 25.1 Å². The third kappa shape index (κ3) is 4.36. The topological polar surface area (TPSA) is 41.6 Å². The van der Waals surface area contributed by atoms with Crippen molar-refractivity contribution in [1.29, 1.82) is 0 Å². The maximum atomic E-state index is 11.8. The smallest absolute Gasteiger partial charge is 0.321 e. The van der Waals surface area contributed by atoms with Crippen LogP contribution < -0.4 is 5.32 Å². The van der Waals surface area contributed by atoms with Crippen LogP contribution in [0.1, 0.15) is 5.56 Å². The van der Waals surface area contributed by atoms with E-state index in [4.69, 9.17) is 4.74 Å². The second kappa shape index (κ2) is 6.61. The number of anilines is 1. The van der Waals surface area contributed by atoms with Gasteiger partial charge in [-0.3, -0.25) is 0 Å². The number of amides is 2. The number of urea groups is 1. The van der Waals surface area contributed by atoms with Crippen molar-refractivity contribution in [2.24, 2.45) is 0 Å². The molecule has 17 heavy (non-hydrogen) atoms. The molecule has 0 bridgehead atoms. The Bertz CT molecular complexity index is 396. The van der Waals surface area contributed by atoms with E-state index in [-0.39, 0.29) is 6.03 Å². The molecule has 0 saturated carbocycles. The summed E-state index contributed by atoms with van der Waals surface area (Å²) in [6.45, 7) is 3.09. The molecule has 1 rings (SSSR count). The number of ether oxygens (including phenoxy) is 1. The summed E-state index contributed by atoms with van der Waals surface area (Å²) in [6, 6.07) is 5.65. The van der Waals surface area contributed by atoms with E-state index in [1.54, 1.807) is 19.1 Å². The predicted octanol–water partition coefficient (Wildman–Crippen LogP) is 2.87. The lowest BCUT2D eigenvalue weighted by Crippen LogP contribution is -2.33. The van der Waals surface area contributed by atoms with Gasteiger partial charge in [-0.25, -0.2) is 4.79 Å². The first-order valence-electron chi connectivity index (χ1n) is 5.32. The zero-order chi connectivity index (χ0) is 12.8. The Morgan fingerprint density at radius 1 is 1.53 bits per heavy atom. The van der Waals surface area contributed by atoms with Crippen LogP contribution in [0.15, 0.2) is 22.7 Å². The maximum absolute atomic E-state index is 11.8. The molecule has 1 N–H and O–H groups in total. The minimum Gasteiger partial charge on any atom is -0.383 e. The zero-order valence-corrected chi connectivity index (χ0v) is 11.9. The molecule has 0 saturated heterocycles. The first-order chi connectivity index (χ1) is 8.04. The third-order valence-electron chi connectivity index (χ3n) is 2.34. The number of rotatable bonds is 4. The summed E-state index contributed by atoms with van der Waals surface area (Å²) < 4.78 is 5.80. The number of likely N-dealkylation sites (N-methyl/N-ethyl adjacent to an activating group) is 1. The molecule has 0 atom stereocenters. The molecule has 1 aromatic carbocycles. The highest BCUT2D eigenvalue weighted by atomic mass is 79.9. The lowest BCUT2D eigenvalue weighted by Gasteiger charge is -2.18. The highest BCUT2D eigenvalue weighted by Gasteiger charge is 2.09. The van der Waals surface area contributed by atoms with E-state index in [2.05, 4.69) is 21.2 Å². The van der Waals surface area contributed by atoms with Gasteiger partial charge >= 0.3 is 6.03 Å². The quantitative estimate of drug-likeness (QED) is 0.929. The Balaban J connectivity index is 2.61. The maximum Gasteiger partial charge on any atom is 0.321 e. The SMILES string of the molecule is COCCN(C)C(=O)Nc1ccc(C)cc1Br. The number of carbonyl (C=O) groups is 1. The number of hydrogen-bond donors (Lipinski definition) is 1. The van der Waals surface area contributed by atoms with Crippen molar-refractivity contribution >= 4 is 27.6 Å². The largest absolute Gasteiger partial charge is 0.383 e. The van der Waals surface area contributed by atoms with E-state index < -0.39 is 0 Å². The van der Waals surface area contributed by atoms with E-state index in [0.717, 1.165) is 15.7 Å². The van der Waals surface area contributed by atoms with Crippen molar-refractivity contribution in [2.45, 2.75) is 6.92 Å². The fraction of sp³-hybridized carbons (Fsp3) is 0.417. The van der Waals surface area contributed by atoms with Gasteiger partial charge in [-0.1, -0.05) is 6.07 Å². The molecule has 0 fully saturated rings. The van der Waals surface area contributed by atoms with E-state index in [0.29, 0.717) is 13.2 Å². The molecule has 0 aliphatic heterocycles. The van der Waals surface area contributed by atoms with Gasteiger partial charge in [0, 0.05) is 25.2 Å². The molecule has 4 nitrogen and oxygen atoms in total. The van der Waals surface area contributed by atoms with Crippen molar-refractivity contribution in [3.05, 3.63) is 28.2 Å². The van der Waals surface area contributed by atoms with Gasteiger partial charge in [0.15, 0.2) is 0 Å². The molecular weight excluding hydrogens is 284 g/mol. The molecule has 5 heteroatoms. The van der Waals surface area contributed by atoms with Crippen molar-refractivity contribution in [2.75, 3.05) is 32.6 Å². The summed E-state index contributed by atoms with van der Waals surface area (Å²) >= 11 is 3.42. The molecule has 0 radical (unpaired) electrons. The number of benzene rings is 1. The van der Waals surface area contributed by atoms with Crippen LogP contribution in [-0.2, 0) is 4.74 Å². The summed E-state index contributed by atoms with van der Waals surface area (Å²) in [5, 5.41) is 2.83. The minimum atomic E-state index is -0.147. The summed E-state index contributed by atoms with van der Waals surface area (Å²) in [5.74, 6) is 0. The Hall–Kier alpha value is -1.07. The van der Waals surface area contributed by atoms with Crippen molar-refractivity contribution in [3.63, 3.8) is 0 Å². The van der Waals surface area contributed by atoms with Gasteiger partial charge < -0.3 is 15.0 Å². The number of halogens is 1. The molecule has 2 amide bonds. The molecule has 0 aromatic heterocycles. The number of nitrogens with one attached hydrogen (secondary N) is 1. The summed E-state index contributed by atoms with van der Waals surface area (Å²) in [5.41, 5.74) is 1.91. The summed E-state index contributed by atoms with van der Waals surface area (Å²) in [6.07, 6.45) is 0. The molecule has 0 heterocycles. The van der Waals surface area contributed by atoms with E-state index in [9.17, 15) is 4.79 Å². The number of carbonyl (C=O) groups excluding carboxylic acids is 1. The molecule has 0 unspecified atom stereocenters. The standard InChI is InChI=1S/C12H17BrN2O2/c1-9-4-5-11(10(13)8-9)14-12(16)15(2)6-7-17-3/h4-5,8H,6-7H2,1-3H3,(H,14,16). The van der Waals surface area contributed by atoms with Crippen LogP contribution in [0.25, 0.3) is 0 Å². The Morgan fingerprint density at radius 3 is 2.82 bits per heavy atom. The number of nitrogens with zero attached hydrogens (tertiary/aromatic N) is 1. The highest BCUT2D eigenvalue weighted by molar-refractivity contribution is 9.10. The number of aryl methyl sites for hydroxylation is 1. The Kier molecular flexibility index (Phi) is 5.44. The predicted molar refractivity (Wildman–Crippen MR) is 72.4 cm³/mol. The zero-order valence-electron chi connectivity index (χ0n) is 10.3. The van der Waals surface area contributed by atoms with Crippen LogP contribution in [0, 0.1) is 6.92 Å². The second-order valence-corrected chi connectivity index (χ2v) is 4.68. The van der Waals surface area contributed by atoms with Crippen LogP contribution in [0.2, 0.25) is 0 Å². The third-order valence-corrected chi connectivity index (χ3v) is 3.00. The van der Waals surface area contributed by atoms with E-state index in [1.165, 1.54) is 0 Å². The van der Waals surface area contributed by atoms with Gasteiger partial charge in [0.05, 0.1) is 12.3 Å². The van der Waals surface area contributed by atoms with Crippen LogP contribution in [0.3, 0.4) is 0 Å². The summed E-state index contributed by atoms with van der Waals surface area (Å²) in [4.78, 5) is 13.4. The molecule has 0 aliphatic rings. The molecule has 94 valence electrons. The average Bonchev–Trinajstić information content (AvgIpc) is 2.29. The fourth-order valence-electron chi connectivity index (χ4n) is 1.26. The van der Waals surface area contributed by atoms with Crippen molar-refractivity contribution in [1.82, 2.24) is 4.90 Å². The molecule has 0 spiro atoms. The first kappa shape index (κ1) is 14.0.